The van der Waals surface area contributed by atoms with Crippen molar-refractivity contribution in [1.82, 2.24) is 19.8 Å². The summed E-state index contributed by atoms with van der Waals surface area (Å²) in [6.07, 6.45) is 1.08. The maximum absolute atomic E-state index is 12.4. The van der Waals surface area contributed by atoms with Crippen LogP contribution in [-0.2, 0) is 11.3 Å². The van der Waals surface area contributed by atoms with Gasteiger partial charge in [0.15, 0.2) is 10.6 Å². The van der Waals surface area contributed by atoms with Crippen LogP contribution in [0.2, 0.25) is 0 Å². The van der Waals surface area contributed by atoms with Crippen molar-refractivity contribution in [3.63, 3.8) is 0 Å². The second-order valence-electron chi connectivity index (χ2n) is 5.98. The number of H-pyrrole nitrogens is 1. The van der Waals surface area contributed by atoms with E-state index in [1.807, 2.05) is 65.2 Å². The largest absolute Gasteiger partial charge is 0.273 e. The quantitative estimate of drug-likeness (QED) is 0.722. The number of rotatable bonds is 4. The molecule has 0 spiro atoms. The highest BCUT2D eigenvalue weighted by Gasteiger charge is 2.23. The SMILES string of the molecule is O=C1CCC(c2ccccc2)=NN1Cc1n[nH]c(=S)n1-c1ccccc1. The highest BCUT2D eigenvalue weighted by molar-refractivity contribution is 7.71. The monoisotopic (exact) mass is 363 g/mol. The molecular weight excluding hydrogens is 346 g/mol. The first-order valence-corrected chi connectivity index (χ1v) is 8.78. The number of nitrogens with zero attached hydrogens (tertiary/aromatic N) is 4. The number of nitrogens with one attached hydrogen (secondary N) is 1. The predicted octanol–water partition coefficient (Wildman–Crippen LogP) is 3.46. The molecule has 0 saturated heterocycles. The number of amides is 1. The van der Waals surface area contributed by atoms with E-state index in [-0.39, 0.29) is 12.5 Å². The van der Waals surface area contributed by atoms with Crippen LogP contribution in [0.15, 0.2) is 65.8 Å². The first kappa shape index (κ1) is 16.4. The lowest BCUT2D eigenvalue weighted by atomic mass is 10.0. The lowest BCUT2D eigenvalue weighted by Gasteiger charge is -2.23. The van der Waals surface area contributed by atoms with E-state index in [1.54, 1.807) is 0 Å². The minimum Gasteiger partial charge on any atom is -0.273 e. The third-order valence-electron chi connectivity index (χ3n) is 4.26. The number of carbonyl (C=O) groups excluding carboxylic acids is 1. The summed E-state index contributed by atoms with van der Waals surface area (Å²) in [6.45, 7) is 0.261. The predicted molar refractivity (Wildman–Crippen MR) is 102 cm³/mol. The van der Waals surface area contributed by atoms with Gasteiger partial charge in [0.2, 0.25) is 5.91 Å². The van der Waals surface area contributed by atoms with Crippen molar-refractivity contribution < 1.29 is 4.79 Å². The molecule has 4 rings (SSSR count). The van der Waals surface area contributed by atoms with E-state index in [1.165, 1.54) is 5.01 Å². The molecule has 1 amide bonds. The third-order valence-corrected chi connectivity index (χ3v) is 4.53. The van der Waals surface area contributed by atoms with Crippen molar-refractivity contribution in [2.24, 2.45) is 5.10 Å². The van der Waals surface area contributed by atoms with Gasteiger partial charge in [-0.15, -0.1) is 0 Å². The Morgan fingerprint density at radius 3 is 2.42 bits per heavy atom. The van der Waals surface area contributed by atoms with Gasteiger partial charge in [0.05, 0.1) is 5.71 Å². The van der Waals surface area contributed by atoms with Gasteiger partial charge in [0.1, 0.15) is 6.54 Å². The molecule has 1 aliphatic rings. The van der Waals surface area contributed by atoms with E-state index >= 15 is 0 Å². The van der Waals surface area contributed by atoms with Crippen molar-refractivity contribution in [2.75, 3.05) is 0 Å². The Bertz CT molecular complexity index is 1010. The lowest BCUT2D eigenvalue weighted by molar-refractivity contribution is -0.132. The van der Waals surface area contributed by atoms with Crippen molar-refractivity contribution in [2.45, 2.75) is 19.4 Å². The highest BCUT2D eigenvalue weighted by atomic mass is 32.1. The van der Waals surface area contributed by atoms with Gasteiger partial charge in [0.25, 0.3) is 0 Å². The first-order valence-electron chi connectivity index (χ1n) is 8.37. The second kappa shape index (κ2) is 7.05. The van der Waals surface area contributed by atoms with Crippen LogP contribution >= 0.6 is 12.2 Å². The number of aromatic nitrogens is 3. The van der Waals surface area contributed by atoms with Gasteiger partial charge in [-0.05, 0) is 29.9 Å². The normalized spacial score (nSPS) is 14.4. The molecule has 0 bridgehead atoms. The topological polar surface area (TPSA) is 66.3 Å². The number of hydrogen-bond donors (Lipinski definition) is 1. The molecule has 0 radical (unpaired) electrons. The molecule has 0 unspecified atom stereocenters. The number of hydrogen-bond acceptors (Lipinski definition) is 4. The highest BCUT2D eigenvalue weighted by Crippen LogP contribution is 2.18. The summed E-state index contributed by atoms with van der Waals surface area (Å²) in [6, 6.07) is 19.6. The van der Waals surface area contributed by atoms with Crippen molar-refractivity contribution in [1.29, 1.82) is 0 Å². The van der Waals surface area contributed by atoms with Crippen molar-refractivity contribution >= 4 is 23.8 Å². The fraction of sp³-hybridized carbons (Fsp3) is 0.158. The van der Waals surface area contributed by atoms with Gasteiger partial charge in [-0.25, -0.2) is 5.01 Å². The van der Waals surface area contributed by atoms with Gasteiger partial charge >= 0.3 is 0 Å². The second-order valence-corrected chi connectivity index (χ2v) is 6.37. The fourth-order valence-corrected chi connectivity index (χ4v) is 3.23. The zero-order chi connectivity index (χ0) is 17.9. The van der Waals surface area contributed by atoms with Crippen LogP contribution in [0.5, 0.6) is 0 Å². The summed E-state index contributed by atoms with van der Waals surface area (Å²) in [5.74, 6) is 0.630. The average Bonchev–Trinajstić information content (AvgIpc) is 3.05. The van der Waals surface area contributed by atoms with Gasteiger partial charge in [-0.3, -0.25) is 14.5 Å². The van der Waals surface area contributed by atoms with Crippen LogP contribution in [-0.4, -0.2) is 31.4 Å². The fourth-order valence-electron chi connectivity index (χ4n) is 2.97. The van der Waals surface area contributed by atoms with Crippen molar-refractivity contribution in [3.8, 4) is 5.69 Å². The van der Waals surface area contributed by atoms with E-state index in [4.69, 9.17) is 12.2 Å². The van der Waals surface area contributed by atoms with Crippen LogP contribution in [0.25, 0.3) is 5.69 Å². The Morgan fingerprint density at radius 2 is 1.69 bits per heavy atom. The van der Waals surface area contributed by atoms with Crippen LogP contribution in [0.1, 0.15) is 24.2 Å². The molecule has 7 heteroatoms. The van der Waals surface area contributed by atoms with Gasteiger partial charge in [-0.2, -0.15) is 10.2 Å². The number of hydrazone groups is 1. The standard InChI is InChI=1S/C19H17N5OS/c25-18-12-11-16(14-7-3-1-4-8-14)22-23(18)13-17-20-21-19(26)24(17)15-9-5-2-6-10-15/h1-10H,11-13H2,(H,21,26). The summed E-state index contributed by atoms with van der Waals surface area (Å²) < 4.78 is 2.32. The van der Waals surface area contributed by atoms with Gasteiger partial charge < -0.3 is 0 Å². The zero-order valence-corrected chi connectivity index (χ0v) is 14.8. The summed E-state index contributed by atoms with van der Waals surface area (Å²) >= 11 is 5.36. The molecule has 0 fully saturated rings. The van der Waals surface area contributed by atoms with Crippen molar-refractivity contribution in [3.05, 3.63) is 76.8 Å². The zero-order valence-electron chi connectivity index (χ0n) is 14.0. The lowest BCUT2D eigenvalue weighted by Crippen LogP contribution is -2.32. The molecule has 1 aromatic heterocycles. The van der Waals surface area contributed by atoms with Crippen LogP contribution < -0.4 is 0 Å². The molecule has 1 aliphatic heterocycles. The van der Waals surface area contributed by atoms with E-state index in [9.17, 15) is 4.79 Å². The minimum absolute atomic E-state index is 0.0155. The summed E-state index contributed by atoms with van der Waals surface area (Å²) in [4.78, 5) is 12.4. The Kier molecular flexibility index (Phi) is 4.45. The Morgan fingerprint density at radius 1 is 1.00 bits per heavy atom. The van der Waals surface area contributed by atoms with Gasteiger partial charge in [0, 0.05) is 18.5 Å². The first-order chi connectivity index (χ1) is 12.7. The molecule has 1 N–H and O–H groups in total. The van der Waals surface area contributed by atoms with E-state index in [2.05, 4.69) is 15.3 Å². The number of aromatic amines is 1. The summed E-state index contributed by atoms with van der Waals surface area (Å²) in [5, 5.41) is 13.2. The Hall–Kier alpha value is -3.06. The average molecular weight is 363 g/mol. The number of para-hydroxylation sites is 1. The molecule has 2 heterocycles. The summed E-state index contributed by atoms with van der Waals surface area (Å²) in [7, 11) is 0. The van der Waals surface area contributed by atoms with Gasteiger partial charge in [-0.1, -0.05) is 48.5 Å². The molecule has 0 aliphatic carbocycles. The third kappa shape index (κ3) is 3.21. The Labute approximate surface area is 155 Å². The molecule has 3 aromatic rings. The molecule has 0 saturated carbocycles. The molecule has 2 aromatic carbocycles. The van der Waals surface area contributed by atoms with Crippen LogP contribution in [0.3, 0.4) is 0 Å². The summed E-state index contributed by atoms with van der Waals surface area (Å²) in [5.41, 5.74) is 2.84. The number of carbonyl (C=O) groups is 1. The smallest absolute Gasteiger partial charge is 0.243 e. The van der Waals surface area contributed by atoms with E-state index < -0.39 is 0 Å². The van der Waals surface area contributed by atoms with E-state index in [0.29, 0.717) is 23.4 Å². The molecule has 6 nitrogen and oxygen atoms in total. The maximum Gasteiger partial charge on any atom is 0.243 e. The van der Waals surface area contributed by atoms with Crippen LogP contribution in [0.4, 0.5) is 0 Å². The molecule has 130 valence electrons. The Balaban J connectivity index is 1.67. The molecular formula is C19H17N5OS. The minimum atomic E-state index is -0.0155. The van der Waals surface area contributed by atoms with Crippen LogP contribution in [0, 0.1) is 4.77 Å². The number of benzene rings is 2. The maximum atomic E-state index is 12.4. The van der Waals surface area contributed by atoms with E-state index in [0.717, 1.165) is 17.0 Å². The molecule has 0 atom stereocenters. The molecule has 26 heavy (non-hydrogen) atoms.